The lowest BCUT2D eigenvalue weighted by Crippen LogP contribution is -2.50. The molecule has 0 aliphatic heterocycles. The normalized spacial score (nSPS) is 16.2. The van der Waals surface area contributed by atoms with Gasteiger partial charge in [-0.15, -0.1) is 0 Å². The molecule has 0 aliphatic carbocycles. The lowest BCUT2D eigenvalue weighted by molar-refractivity contribution is 0.142. The Morgan fingerprint density at radius 2 is 2.08 bits per heavy atom. The Hall–Kier alpha value is 0.270. The number of nitrogens with zero attached hydrogens (tertiary/aromatic N) is 1. The van der Waals surface area contributed by atoms with Gasteiger partial charge in [-0.1, -0.05) is 13.3 Å². The topological polar surface area (TPSA) is 29.3 Å². The summed E-state index contributed by atoms with van der Waals surface area (Å²) in [4.78, 5) is 2.40. The first-order valence-electron chi connectivity index (χ1n) is 5.01. The van der Waals surface area contributed by atoms with Crippen molar-refractivity contribution in [3.63, 3.8) is 0 Å². The molecule has 0 aromatic rings. The van der Waals surface area contributed by atoms with Crippen LogP contribution < -0.4 is 5.73 Å². The fraction of sp³-hybridized carbons (Fsp3) is 1.00. The molecule has 1 atom stereocenters. The van der Waals surface area contributed by atoms with Crippen LogP contribution in [-0.2, 0) is 0 Å². The zero-order valence-electron chi connectivity index (χ0n) is 9.47. The molecule has 0 aliphatic rings. The summed E-state index contributed by atoms with van der Waals surface area (Å²) >= 11 is 1.89. The van der Waals surface area contributed by atoms with Crippen molar-refractivity contribution in [3.8, 4) is 0 Å². The maximum atomic E-state index is 5.82. The van der Waals surface area contributed by atoms with Crippen LogP contribution in [0.2, 0.25) is 0 Å². The van der Waals surface area contributed by atoms with Crippen molar-refractivity contribution in [2.45, 2.75) is 32.2 Å². The number of hydrogen-bond acceptors (Lipinski definition) is 3. The maximum Gasteiger partial charge on any atom is 0.0300 e. The maximum absolute atomic E-state index is 5.82. The Morgan fingerprint density at radius 1 is 1.46 bits per heavy atom. The van der Waals surface area contributed by atoms with Gasteiger partial charge < -0.3 is 5.73 Å². The molecule has 0 saturated heterocycles. The van der Waals surface area contributed by atoms with Crippen LogP contribution in [0, 0.1) is 0 Å². The summed E-state index contributed by atoms with van der Waals surface area (Å²) in [6.07, 6.45) is 4.54. The van der Waals surface area contributed by atoms with Gasteiger partial charge in [0, 0.05) is 24.4 Å². The lowest BCUT2D eigenvalue weighted by Gasteiger charge is -2.38. The first kappa shape index (κ1) is 13.3. The third-order valence-corrected chi connectivity index (χ3v) is 3.37. The van der Waals surface area contributed by atoms with Crippen molar-refractivity contribution in [2.75, 3.05) is 32.1 Å². The molecule has 0 aromatic heterocycles. The van der Waals surface area contributed by atoms with E-state index in [2.05, 4.69) is 32.1 Å². The second-order valence-electron chi connectivity index (χ2n) is 3.87. The molecule has 0 bridgehead atoms. The Kier molecular flexibility index (Phi) is 6.82. The van der Waals surface area contributed by atoms with Crippen LogP contribution in [0.1, 0.15) is 26.7 Å². The lowest BCUT2D eigenvalue weighted by atomic mass is 9.94. The fourth-order valence-corrected chi connectivity index (χ4v) is 1.94. The molecule has 1 unspecified atom stereocenters. The molecule has 0 spiro atoms. The van der Waals surface area contributed by atoms with Gasteiger partial charge in [0.25, 0.3) is 0 Å². The fourth-order valence-electron chi connectivity index (χ4n) is 1.49. The molecule has 0 amide bonds. The van der Waals surface area contributed by atoms with Crippen molar-refractivity contribution in [2.24, 2.45) is 5.73 Å². The largest absolute Gasteiger partial charge is 0.329 e. The van der Waals surface area contributed by atoms with Crippen LogP contribution >= 0.6 is 11.8 Å². The van der Waals surface area contributed by atoms with E-state index in [0.717, 1.165) is 13.1 Å². The van der Waals surface area contributed by atoms with Gasteiger partial charge in [-0.3, -0.25) is 4.90 Å². The van der Waals surface area contributed by atoms with Gasteiger partial charge >= 0.3 is 0 Å². The third kappa shape index (κ3) is 4.34. The van der Waals surface area contributed by atoms with Crippen molar-refractivity contribution >= 4 is 11.8 Å². The van der Waals surface area contributed by atoms with Crippen molar-refractivity contribution in [3.05, 3.63) is 0 Å². The first-order valence-corrected chi connectivity index (χ1v) is 6.40. The molecule has 0 radical (unpaired) electrons. The highest BCUT2D eigenvalue weighted by molar-refractivity contribution is 7.98. The van der Waals surface area contributed by atoms with Crippen LogP contribution in [-0.4, -0.2) is 42.6 Å². The minimum absolute atomic E-state index is 0.199. The molecule has 2 N–H and O–H groups in total. The monoisotopic (exact) mass is 204 g/mol. The van der Waals surface area contributed by atoms with E-state index < -0.39 is 0 Å². The average Bonchev–Trinajstić information content (AvgIpc) is 2.14. The quantitative estimate of drug-likeness (QED) is 0.686. The van der Waals surface area contributed by atoms with Gasteiger partial charge in [0.05, 0.1) is 0 Å². The Balaban J connectivity index is 4.03. The molecule has 0 aromatic carbocycles. The summed E-state index contributed by atoms with van der Waals surface area (Å²) in [5.41, 5.74) is 6.02. The molecule has 13 heavy (non-hydrogen) atoms. The molecule has 0 rings (SSSR count). The predicted octanol–water partition coefficient (Wildman–Crippen LogP) is 1.80. The first-order chi connectivity index (χ1) is 6.10. The second-order valence-corrected chi connectivity index (χ2v) is 4.85. The van der Waals surface area contributed by atoms with Crippen LogP contribution in [0.25, 0.3) is 0 Å². The van der Waals surface area contributed by atoms with Crippen LogP contribution in [0.15, 0.2) is 0 Å². The zero-order chi connectivity index (χ0) is 10.3. The van der Waals surface area contributed by atoms with Crippen molar-refractivity contribution in [1.82, 2.24) is 4.90 Å². The van der Waals surface area contributed by atoms with Crippen LogP contribution in [0.5, 0.6) is 0 Å². The van der Waals surface area contributed by atoms with E-state index in [1.54, 1.807) is 0 Å². The number of likely N-dealkylation sites (N-methyl/N-ethyl adjacent to an activating group) is 1. The Morgan fingerprint density at radius 3 is 2.46 bits per heavy atom. The van der Waals surface area contributed by atoms with Gasteiger partial charge in [-0.05, 0) is 26.6 Å². The standard InChI is InChI=1S/C10H24N2S/c1-5-6-10(2,9-11)12(3)7-8-13-4/h5-9,11H2,1-4H3. The summed E-state index contributed by atoms with van der Waals surface area (Å²) in [6, 6.07) is 0. The van der Waals surface area contributed by atoms with Crippen molar-refractivity contribution in [1.29, 1.82) is 0 Å². The minimum atomic E-state index is 0.199. The van der Waals surface area contributed by atoms with Crippen LogP contribution in [0.3, 0.4) is 0 Å². The highest BCUT2D eigenvalue weighted by atomic mass is 32.2. The number of nitrogens with two attached hydrogens (primary N) is 1. The third-order valence-electron chi connectivity index (χ3n) is 2.78. The molecular weight excluding hydrogens is 180 g/mol. The van der Waals surface area contributed by atoms with E-state index in [0.29, 0.717) is 0 Å². The Labute approximate surface area is 87.2 Å². The second kappa shape index (κ2) is 6.68. The van der Waals surface area contributed by atoms with E-state index in [-0.39, 0.29) is 5.54 Å². The molecule has 80 valence electrons. The number of rotatable bonds is 7. The summed E-state index contributed by atoms with van der Waals surface area (Å²) in [5.74, 6) is 1.19. The van der Waals surface area contributed by atoms with E-state index in [4.69, 9.17) is 5.73 Å². The van der Waals surface area contributed by atoms with E-state index in [9.17, 15) is 0 Å². The number of hydrogen-bond donors (Lipinski definition) is 1. The summed E-state index contributed by atoms with van der Waals surface area (Å²) in [7, 11) is 2.18. The molecule has 0 heterocycles. The average molecular weight is 204 g/mol. The van der Waals surface area contributed by atoms with Gasteiger partial charge in [0.1, 0.15) is 0 Å². The van der Waals surface area contributed by atoms with E-state index >= 15 is 0 Å². The zero-order valence-corrected chi connectivity index (χ0v) is 10.3. The molecule has 0 saturated carbocycles. The predicted molar refractivity (Wildman–Crippen MR) is 63.4 cm³/mol. The molecule has 3 heteroatoms. The molecular formula is C10H24N2S. The van der Waals surface area contributed by atoms with Crippen LogP contribution in [0.4, 0.5) is 0 Å². The molecule has 2 nitrogen and oxygen atoms in total. The van der Waals surface area contributed by atoms with E-state index in [1.807, 2.05) is 11.8 Å². The SMILES string of the molecule is CCCC(C)(CN)N(C)CCSC. The highest BCUT2D eigenvalue weighted by Crippen LogP contribution is 2.18. The summed E-state index contributed by atoms with van der Waals surface area (Å²) in [5, 5.41) is 0. The highest BCUT2D eigenvalue weighted by Gasteiger charge is 2.25. The number of thioether (sulfide) groups is 1. The Bertz CT molecular complexity index is 130. The summed E-state index contributed by atoms with van der Waals surface area (Å²) < 4.78 is 0. The van der Waals surface area contributed by atoms with Gasteiger partial charge in [0.15, 0.2) is 0 Å². The minimum Gasteiger partial charge on any atom is -0.329 e. The van der Waals surface area contributed by atoms with Crippen molar-refractivity contribution < 1.29 is 0 Å². The van der Waals surface area contributed by atoms with Gasteiger partial charge in [-0.25, -0.2) is 0 Å². The smallest absolute Gasteiger partial charge is 0.0300 e. The molecule has 0 fully saturated rings. The summed E-state index contributed by atoms with van der Waals surface area (Å²) in [6.45, 7) is 6.37. The van der Waals surface area contributed by atoms with Gasteiger partial charge in [-0.2, -0.15) is 11.8 Å². The van der Waals surface area contributed by atoms with Gasteiger partial charge in [0.2, 0.25) is 0 Å². The van der Waals surface area contributed by atoms with E-state index in [1.165, 1.54) is 18.6 Å².